The highest BCUT2D eigenvalue weighted by atomic mass is 79.9. The molecule has 0 bridgehead atoms. The molecule has 2 nitrogen and oxygen atoms in total. The molecule has 2 N–H and O–H groups in total. The highest BCUT2D eigenvalue weighted by Crippen LogP contribution is 2.23. The van der Waals surface area contributed by atoms with Crippen LogP contribution >= 0.6 is 15.9 Å². The topological polar surface area (TPSA) is 38.9 Å². The fourth-order valence-corrected chi connectivity index (χ4v) is 1.52. The molecule has 0 amide bonds. The lowest BCUT2D eigenvalue weighted by molar-refractivity contribution is 0.623. The van der Waals surface area contributed by atoms with Crippen LogP contribution in [-0.4, -0.2) is 4.98 Å². The Labute approximate surface area is 82.7 Å². The van der Waals surface area contributed by atoms with Crippen molar-refractivity contribution in [2.24, 2.45) is 0 Å². The Kier molecular flexibility index (Phi) is 1.92. The molecule has 0 atom stereocenters. The number of nitrogens with zero attached hydrogens (tertiary/aromatic N) is 1. The Morgan fingerprint density at radius 3 is 2.77 bits per heavy atom. The summed E-state index contributed by atoms with van der Waals surface area (Å²) < 4.78 is 13.5. The van der Waals surface area contributed by atoms with E-state index in [0.717, 1.165) is 10.8 Å². The molecule has 2 rings (SSSR count). The van der Waals surface area contributed by atoms with Crippen molar-refractivity contribution in [3.05, 3.63) is 34.7 Å². The molecule has 2 aromatic rings. The lowest BCUT2D eigenvalue weighted by Gasteiger charge is -2.00. The van der Waals surface area contributed by atoms with Crippen LogP contribution in [0, 0.1) is 5.82 Å². The van der Waals surface area contributed by atoms with Crippen molar-refractivity contribution in [3.8, 4) is 0 Å². The van der Waals surface area contributed by atoms with Crippen LogP contribution in [0.25, 0.3) is 10.8 Å². The van der Waals surface area contributed by atoms with Crippen LogP contribution in [0.15, 0.2) is 28.9 Å². The van der Waals surface area contributed by atoms with Crippen molar-refractivity contribution in [2.45, 2.75) is 0 Å². The molecular weight excluding hydrogens is 235 g/mol. The summed E-state index contributed by atoms with van der Waals surface area (Å²) in [5.74, 6) is 0.144. The van der Waals surface area contributed by atoms with Gasteiger partial charge in [-0.15, -0.1) is 0 Å². The van der Waals surface area contributed by atoms with Crippen LogP contribution in [0.3, 0.4) is 0 Å². The van der Waals surface area contributed by atoms with Gasteiger partial charge in [-0.3, -0.25) is 0 Å². The number of aromatic nitrogens is 1. The number of fused-ring (bicyclic) bond motifs is 1. The van der Waals surface area contributed by atoms with Crippen molar-refractivity contribution in [1.29, 1.82) is 0 Å². The molecule has 4 heteroatoms. The zero-order chi connectivity index (χ0) is 9.42. The first kappa shape index (κ1) is 8.44. The number of halogens is 2. The maximum absolute atomic E-state index is 13.0. The van der Waals surface area contributed by atoms with Crippen molar-refractivity contribution < 1.29 is 4.39 Å². The van der Waals surface area contributed by atoms with Gasteiger partial charge in [0.15, 0.2) is 0 Å². The molecule has 0 saturated heterocycles. The van der Waals surface area contributed by atoms with E-state index in [1.165, 1.54) is 6.07 Å². The van der Waals surface area contributed by atoms with E-state index in [0.29, 0.717) is 10.3 Å². The number of benzene rings is 1. The van der Waals surface area contributed by atoms with E-state index in [2.05, 4.69) is 20.9 Å². The molecule has 0 spiro atoms. The summed E-state index contributed by atoms with van der Waals surface area (Å²) in [6.07, 6.45) is 1.56. The lowest BCUT2D eigenvalue weighted by atomic mass is 10.2. The van der Waals surface area contributed by atoms with E-state index in [9.17, 15) is 4.39 Å². The zero-order valence-corrected chi connectivity index (χ0v) is 8.18. The molecule has 66 valence electrons. The average molecular weight is 241 g/mol. The molecule has 0 aliphatic heterocycles. The SMILES string of the molecule is Nc1cc2cc(Br)c(F)cc2cn1. The summed E-state index contributed by atoms with van der Waals surface area (Å²) in [6.45, 7) is 0. The normalized spacial score (nSPS) is 10.6. The highest BCUT2D eigenvalue weighted by molar-refractivity contribution is 9.10. The summed E-state index contributed by atoms with van der Waals surface area (Å²) in [7, 11) is 0. The number of rotatable bonds is 0. The average Bonchev–Trinajstić information content (AvgIpc) is 2.08. The molecule has 1 aromatic heterocycles. The van der Waals surface area contributed by atoms with Gasteiger partial charge in [-0.2, -0.15) is 0 Å². The molecule has 1 heterocycles. The Balaban J connectivity index is 2.81. The first-order valence-electron chi connectivity index (χ1n) is 3.67. The Bertz CT molecular complexity index is 470. The first-order valence-corrected chi connectivity index (χ1v) is 4.46. The Morgan fingerprint density at radius 1 is 1.23 bits per heavy atom. The van der Waals surface area contributed by atoms with Gasteiger partial charge in [0.05, 0.1) is 4.47 Å². The number of hydrogen-bond donors (Lipinski definition) is 1. The second kappa shape index (κ2) is 2.96. The predicted molar refractivity (Wildman–Crippen MR) is 53.8 cm³/mol. The Hall–Kier alpha value is -1.16. The lowest BCUT2D eigenvalue weighted by Crippen LogP contribution is -1.89. The number of nitrogen functional groups attached to an aromatic ring is 1. The maximum Gasteiger partial charge on any atom is 0.138 e. The molecule has 0 unspecified atom stereocenters. The van der Waals surface area contributed by atoms with E-state index < -0.39 is 0 Å². The van der Waals surface area contributed by atoms with Gasteiger partial charge in [0.1, 0.15) is 11.6 Å². The molecular formula is C9H6BrFN2. The highest BCUT2D eigenvalue weighted by Gasteiger charge is 2.02. The minimum atomic E-state index is -0.293. The van der Waals surface area contributed by atoms with E-state index >= 15 is 0 Å². The third kappa shape index (κ3) is 1.49. The summed E-state index contributed by atoms with van der Waals surface area (Å²) in [6, 6.07) is 4.81. The van der Waals surface area contributed by atoms with Crippen LogP contribution in [-0.2, 0) is 0 Å². The standard InChI is InChI=1S/C9H6BrFN2/c10-7-1-5-3-9(12)13-4-6(5)2-8(7)11/h1-4H,(H2,12,13). The fourth-order valence-electron chi connectivity index (χ4n) is 1.16. The predicted octanol–water partition coefficient (Wildman–Crippen LogP) is 2.72. The minimum absolute atomic E-state index is 0.293. The van der Waals surface area contributed by atoms with E-state index in [4.69, 9.17) is 5.73 Å². The van der Waals surface area contributed by atoms with Gasteiger partial charge in [-0.1, -0.05) is 0 Å². The van der Waals surface area contributed by atoms with Crippen molar-refractivity contribution >= 4 is 32.5 Å². The van der Waals surface area contributed by atoms with Gasteiger partial charge < -0.3 is 5.73 Å². The van der Waals surface area contributed by atoms with Crippen molar-refractivity contribution in [3.63, 3.8) is 0 Å². The van der Waals surface area contributed by atoms with Crippen LogP contribution in [0.1, 0.15) is 0 Å². The molecule has 0 aliphatic carbocycles. The summed E-state index contributed by atoms with van der Waals surface area (Å²) in [5, 5.41) is 1.62. The van der Waals surface area contributed by atoms with Crippen molar-refractivity contribution in [1.82, 2.24) is 4.98 Å². The second-order valence-corrected chi connectivity index (χ2v) is 3.58. The van der Waals surface area contributed by atoms with Crippen LogP contribution in [0.4, 0.5) is 10.2 Å². The third-order valence-corrected chi connectivity index (χ3v) is 2.39. The van der Waals surface area contributed by atoms with Gasteiger partial charge in [-0.05, 0) is 39.5 Å². The minimum Gasteiger partial charge on any atom is -0.384 e. The van der Waals surface area contributed by atoms with Gasteiger partial charge in [0.2, 0.25) is 0 Å². The monoisotopic (exact) mass is 240 g/mol. The van der Waals surface area contributed by atoms with Gasteiger partial charge in [0.25, 0.3) is 0 Å². The van der Waals surface area contributed by atoms with Crippen molar-refractivity contribution in [2.75, 3.05) is 5.73 Å². The molecule has 0 saturated carbocycles. The first-order chi connectivity index (χ1) is 6.16. The smallest absolute Gasteiger partial charge is 0.138 e. The number of hydrogen-bond acceptors (Lipinski definition) is 2. The van der Waals surface area contributed by atoms with Gasteiger partial charge >= 0.3 is 0 Å². The van der Waals surface area contributed by atoms with Gasteiger partial charge in [-0.25, -0.2) is 9.37 Å². The molecule has 0 aliphatic rings. The van der Waals surface area contributed by atoms with E-state index in [1.54, 1.807) is 18.3 Å². The quantitative estimate of drug-likeness (QED) is 0.770. The molecule has 1 aromatic carbocycles. The maximum atomic E-state index is 13.0. The molecule has 0 fully saturated rings. The number of anilines is 1. The zero-order valence-electron chi connectivity index (χ0n) is 6.59. The number of nitrogens with two attached hydrogens (primary N) is 1. The van der Waals surface area contributed by atoms with Gasteiger partial charge in [0, 0.05) is 11.6 Å². The molecule has 0 radical (unpaired) electrons. The largest absolute Gasteiger partial charge is 0.384 e. The Morgan fingerprint density at radius 2 is 2.00 bits per heavy atom. The van der Waals surface area contributed by atoms with Crippen LogP contribution < -0.4 is 5.73 Å². The number of pyridine rings is 1. The van der Waals surface area contributed by atoms with E-state index in [1.807, 2.05) is 0 Å². The summed E-state index contributed by atoms with van der Waals surface area (Å²) in [5.41, 5.74) is 5.49. The summed E-state index contributed by atoms with van der Waals surface area (Å²) >= 11 is 3.10. The van der Waals surface area contributed by atoms with Crippen LogP contribution in [0.5, 0.6) is 0 Å². The third-order valence-electron chi connectivity index (χ3n) is 1.78. The second-order valence-electron chi connectivity index (χ2n) is 2.72. The van der Waals surface area contributed by atoms with E-state index in [-0.39, 0.29) is 5.82 Å². The summed E-state index contributed by atoms with van der Waals surface area (Å²) in [4.78, 5) is 3.87. The van der Waals surface area contributed by atoms with Crippen LogP contribution in [0.2, 0.25) is 0 Å². The molecule has 13 heavy (non-hydrogen) atoms. The fraction of sp³-hybridized carbons (Fsp3) is 0.